The van der Waals surface area contributed by atoms with Crippen molar-refractivity contribution in [2.24, 2.45) is 0 Å². The number of nitrogens with two attached hydrogens (primary N) is 1. The molecule has 2 aromatic rings. The van der Waals surface area contributed by atoms with Gasteiger partial charge in [-0.15, -0.1) is 0 Å². The van der Waals surface area contributed by atoms with Gasteiger partial charge in [0.1, 0.15) is 23.2 Å². The molecule has 3 N–H and O–H groups in total. The standard InChI is InChI=1S/C16H20N4O/c17-14-11-15(20-16(19-14)12-7-8-12)18-9-4-10-21-13-5-2-1-3-6-13/h1-3,5-6,11-12H,4,7-10H2,(H3,17,18,19,20). The lowest BCUT2D eigenvalue weighted by Gasteiger charge is -2.09. The Morgan fingerprint density at radius 3 is 2.76 bits per heavy atom. The summed E-state index contributed by atoms with van der Waals surface area (Å²) in [5.41, 5.74) is 5.82. The fourth-order valence-corrected chi connectivity index (χ4v) is 2.10. The number of benzene rings is 1. The SMILES string of the molecule is Nc1cc(NCCCOc2ccccc2)nc(C2CC2)n1. The first-order chi connectivity index (χ1) is 10.3. The Balaban J connectivity index is 1.43. The second-order valence-electron chi connectivity index (χ2n) is 5.25. The molecule has 0 aliphatic heterocycles. The van der Waals surface area contributed by atoms with Crippen molar-refractivity contribution in [3.05, 3.63) is 42.2 Å². The van der Waals surface area contributed by atoms with E-state index < -0.39 is 0 Å². The summed E-state index contributed by atoms with van der Waals surface area (Å²) >= 11 is 0. The van der Waals surface area contributed by atoms with Gasteiger partial charge >= 0.3 is 0 Å². The maximum absolute atomic E-state index is 5.82. The third kappa shape index (κ3) is 4.08. The highest BCUT2D eigenvalue weighted by molar-refractivity contribution is 5.45. The van der Waals surface area contributed by atoms with Gasteiger partial charge < -0.3 is 15.8 Å². The first kappa shape index (κ1) is 13.7. The average Bonchev–Trinajstić information content (AvgIpc) is 3.32. The molecule has 0 bridgehead atoms. The second kappa shape index (κ2) is 6.43. The Morgan fingerprint density at radius 1 is 1.19 bits per heavy atom. The molecule has 21 heavy (non-hydrogen) atoms. The molecule has 3 rings (SSSR count). The first-order valence-electron chi connectivity index (χ1n) is 7.37. The Kier molecular flexibility index (Phi) is 4.19. The largest absolute Gasteiger partial charge is 0.494 e. The average molecular weight is 284 g/mol. The molecule has 1 saturated carbocycles. The number of hydrogen-bond donors (Lipinski definition) is 2. The molecular weight excluding hydrogens is 264 g/mol. The molecule has 1 aliphatic rings. The van der Waals surface area contributed by atoms with Gasteiger partial charge in [0.15, 0.2) is 0 Å². The second-order valence-corrected chi connectivity index (χ2v) is 5.25. The number of anilines is 2. The predicted molar refractivity (Wildman–Crippen MR) is 83.5 cm³/mol. The van der Waals surface area contributed by atoms with Gasteiger partial charge in [-0.05, 0) is 31.4 Å². The van der Waals surface area contributed by atoms with Crippen LogP contribution in [0, 0.1) is 0 Å². The molecule has 0 atom stereocenters. The predicted octanol–water partition coefficient (Wildman–Crippen LogP) is 2.82. The summed E-state index contributed by atoms with van der Waals surface area (Å²) in [5, 5.41) is 3.28. The van der Waals surface area contributed by atoms with Crippen molar-refractivity contribution in [1.82, 2.24) is 9.97 Å². The molecule has 0 amide bonds. The van der Waals surface area contributed by atoms with Crippen LogP contribution in [0.1, 0.15) is 31.0 Å². The van der Waals surface area contributed by atoms with E-state index >= 15 is 0 Å². The highest BCUT2D eigenvalue weighted by Gasteiger charge is 2.27. The molecule has 1 aliphatic carbocycles. The Hall–Kier alpha value is -2.30. The summed E-state index contributed by atoms with van der Waals surface area (Å²) < 4.78 is 5.64. The maximum Gasteiger partial charge on any atom is 0.136 e. The van der Waals surface area contributed by atoms with E-state index in [1.54, 1.807) is 6.07 Å². The number of nitrogen functional groups attached to an aromatic ring is 1. The minimum Gasteiger partial charge on any atom is -0.494 e. The Labute approximate surface area is 124 Å². The van der Waals surface area contributed by atoms with Crippen LogP contribution in [0.2, 0.25) is 0 Å². The lowest BCUT2D eigenvalue weighted by Crippen LogP contribution is -2.10. The van der Waals surface area contributed by atoms with Crippen LogP contribution >= 0.6 is 0 Å². The molecule has 5 nitrogen and oxygen atoms in total. The number of nitrogens with one attached hydrogen (secondary N) is 1. The fraction of sp³-hybridized carbons (Fsp3) is 0.375. The topological polar surface area (TPSA) is 73.1 Å². The van der Waals surface area contributed by atoms with E-state index in [2.05, 4.69) is 15.3 Å². The molecule has 1 fully saturated rings. The molecule has 0 unspecified atom stereocenters. The van der Waals surface area contributed by atoms with Crippen LogP contribution in [0.15, 0.2) is 36.4 Å². The third-order valence-electron chi connectivity index (χ3n) is 3.34. The lowest BCUT2D eigenvalue weighted by atomic mass is 10.3. The van der Waals surface area contributed by atoms with Crippen molar-refractivity contribution in [2.75, 3.05) is 24.2 Å². The van der Waals surface area contributed by atoms with Gasteiger partial charge in [-0.2, -0.15) is 0 Å². The van der Waals surface area contributed by atoms with Gasteiger partial charge in [0.25, 0.3) is 0 Å². The molecule has 110 valence electrons. The van der Waals surface area contributed by atoms with Crippen LogP contribution in [0.3, 0.4) is 0 Å². The summed E-state index contributed by atoms with van der Waals surface area (Å²) in [6.45, 7) is 1.47. The molecule has 0 spiro atoms. The Morgan fingerprint density at radius 2 is 2.00 bits per heavy atom. The fourth-order valence-electron chi connectivity index (χ4n) is 2.10. The zero-order valence-electron chi connectivity index (χ0n) is 12.0. The highest BCUT2D eigenvalue weighted by Crippen LogP contribution is 2.38. The quantitative estimate of drug-likeness (QED) is 0.765. The number of aromatic nitrogens is 2. The van der Waals surface area contributed by atoms with E-state index in [1.807, 2.05) is 30.3 Å². The maximum atomic E-state index is 5.82. The number of para-hydroxylation sites is 1. The van der Waals surface area contributed by atoms with Crippen molar-refractivity contribution in [2.45, 2.75) is 25.2 Å². The molecule has 1 aromatic carbocycles. The van der Waals surface area contributed by atoms with Crippen LogP contribution in [-0.4, -0.2) is 23.1 Å². The number of nitrogens with zero attached hydrogens (tertiary/aromatic N) is 2. The summed E-state index contributed by atoms with van der Waals surface area (Å²) in [4.78, 5) is 8.79. The summed E-state index contributed by atoms with van der Waals surface area (Å²) in [6, 6.07) is 11.6. The van der Waals surface area contributed by atoms with Crippen molar-refractivity contribution in [3.8, 4) is 5.75 Å². The molecule has 5 heteroatoms. The lowest BCUT2D eigenvalue weighted by molar-refractivity contribution is 0.315. The van der Waals surface area contributed by atoms with Gasteiger partial charge in [0, 0.05) is 18.5 Å². The van der Waals surface area contributed by atoms with E-state index in [9.17, 15) is 0 Å². The van der Waals surface area contributed by atoms with Crippen molar-refractivity contribution < 1.29 is 4.74 Å². The zero-order valence-corrected chi connectivity index (χ0v) is 12.0. The number of hydrogen-bond acceptors (Lipinski definition) is 5. The molecule has 1 heterocycles. The van der Waals surface area contributed by atoms with Crippen LogP contribution in [0.4, 0.5) is 11.6 Å². The van der Waals surface area contributed by atoms with Crippen LogP contribution < -0.4 is 15.8 Å². The van der Waals surface area contributed by atoms with E-state index in [4.69, 9.17) is 10.5 Å². The molecule has 0 radical (unpaired) electrons. The van der Waals surface area contributed by atoms with E-state index in [1.165, 1.54) is 12.8 Å². The zero-order chi connectivity index (χ0) is 14.5. The molecule has 0 saturated heterocycles. The summed E-state index contributed by atoms with van der Waals surface area (Å²) in [5.74, 6) is 3.63. The first-order valence-corrected chi connectivity index (χ1v) is 7.37. The third-order valence-corrected chi connectivity index (χ3v) is 3.34. The van der Waals surface area contributed by atoms with E-state index in [-0.39, 0.29) is 0 Å². The van der Waals surface area contributed by atoms with Crippen LogP contribution in [0.5, 0.6) is 5.75 Å². The van der Waals surface area contributed by atoms with Gasteiger partial charge in [0.2, 0.25) is 0 Å². The monoisotopic (exact) mass is 284 g/mol. The number of rotatable bonds is 7. The van der Waals surface area contributed by atoms with Crippen LogP contribution in [0.25, 0.3) is 0 Å². The summed E-state index contributed by atoms with van der Waals surface area (Å²) in [6.07, 6.45) is 3.25. The highest BCUT2D eigenvalue weighted by atomic mass is 16.5. The van der Waals surface area contributed by atoms with E-state index in [0.29, 0.717) is 18.3 Å². The van der Waals surface area contributed by atoms with Crippen LogP contribution in [-0.2, 0) is 0 Å². The van der Waals surface area contributed by atoms with Gasteiger partial charge in [-0.1, -0.05) is 18.2 Å². The van der Waals surface area contributed by atoms with Crippen molar-refractivity contribution in [1.29, 1.82) is 0 Å². The normalized spacial score (nSPS) is 13.9. The van der Waals surface area contributed by atoms with Gasteiger partial charge in [-0.3, -0.25) is 0 Å². The van der Waals surface area contributed by atoms with Crippen molar-refractivity contribution in [3.63, 3.8) is 0 Å². The molecule has 1 aromatic heterocycles. The minimum absolute atomic E-state index is 0.510. The summed E-state index contributed by atoms with van der Waals surface area (Å²) in [7, 11) is 0. The molecular formula is C16H20N4O. The smallest absolute Gasteiger partial charge is 0.136 e. The van der Waals surface area contributed by atoms with Gasteiger partial charge in [-0.25, -0.2) is 9.97 Å². The minimum atomic E-state index is 0.510. The number of ether oxygens (including phenoxy) is 1. The van der Waals surface area contributed by atoms with Crippen molar-refractivity contribution >= 4 is 11.6 Å². The van der Waals surface area contributed by atoms with E-state index in [0.717, 1.165) is 30.4 Å². The van der Waals surface area contributed by atoms with Gasteiger partial charge in [0.05, 0.1) is 6.61 Å². The Bertz CT molecular complexity index is 584.